The van der Waals surface area contributed by atoms with E-state index in [0.717, 1.165) is 5.33 Å². The number of carbonyl (C=O) groups is 1. The van der Waals surface area contributed by atoms with E-state index in [2.05, 4.69) is 26.2 Å². The Kier molecular flexibility index (Phi) is 5.22. The number of rotatable bonds is 4. The van der Waals surface area contributed by atoms with E-state index in [9.17, 15) is 4.79 Å². The number of alkyl halides is 1. The largest absolute Gasteiger partial charge is 0.350 e. The zero-order valence-corrected chi connectivity index (χ0v) is 13.1. The monoisotopic (exact) mass is 344 g/mol. The van der Waals surface area contributed by atoms with Crippen LogP contribution in [0.2, 0.25) is 5.02 Å². The van der Waals surface area contributed by atoms with Gasteiger partial charge in [0.15, 0.2) is 0 Å². The minimum atomic E-state index is -0.123. The lowest BCUT2D eigenvalue weighted by atomic mass is 9.75. The van der Waals surface area contributed by atoms with Crippen molar-refractivity contribution in [3.8, 4) is 0 Å². The summed E-state index contributed by atoms with van der Waals surface area (Å²) in [5.74, 6) is -0.123. The smallest absolute Gasteiger partial charge is 0.269 e. The van der Waals surface area contributed by atoms with Gasteiger partial charge in [-0.05, 0) is 30.4 Å². The highest BCUT2D eigenvalue weighted by molar-refractivity contribution is 9.09. The Labute approximate surface area is 127 Å². The van der Waals surface area contributed by atoms with E-state index in [-0.39, 0.29) is 11.3 Å². The Morgan fingerprint density at radius 3 is 2.68 bits per heavy atom. The van der Waals surface area contributed by atoms with Gasteiger partial charge in [0.2, 0.25) is 0 Å². The third-order valence-corrected chi connectivity index (χ3v) is 5.19. The molecular formula is C14H18BrClN2O. The molecule has 0 spiro atoms. The van der Waals surface area contributed by atoms with Crippen LogP contribution < -0.4 is 5.32 Å². The number of aromatic nitrogens is 1. The zero-order valence-electron chi connectivity index (χ0n) is 10.8. The predicted octanol–water partition coefficient (Wildman–Crippen LogP) is 3.81. The molecule has 1 fully saturated rings. The molecule has 0 unspecified atom stereocenters. The Balaban J connectivity index is 1.93. The Morgan fingerprint density at radius 2 is 2.11 bits per heavy atom. The van der Waals surface area contributed by atoms with Crippen LogP contribution in [0.5, 0.6) is 0 Å². The SMILES string of the molecule is O=C(NCC1(CBr)CCCCC1)c1ccc(Cl)cn1. The van der Waals surface area contributed by atoms with Gasteiger partial charge in [-0.2, -0.15) is 0 Å². The van der Waals surface area contributed by atoms with Crippen molar-refractivity contribution in [1.29, 1.82) is 0 Å². The normalized spacial score (nSPS) is 18.0. The molecule has 1 heterocycles. The molecule has 5 heteroatoms. The van der Waals surface area contributed by atoms with Crippen molar-refractivity contribution in [2.75, 3.05) is 11.9 Å². The van der Waals surface area contributed by atoms with Crippen LogP contribution in [0.25, 0.3) is 0 Å². The quantitative estimate of drug-likeness (QED) is 0.843. The molecular weight excluding hydrogens is 328 g/mol. The number of hydrogen-bond acceptors (Lipinski definition) is 2. The fourth-order valence-electron chi connectivity index (χ4n) is 2.53. The maximum atomic E-state index is 12.0. The van der Waals surface area contributed by atoms with Gasteiger partial charge in [0.1, 0.15) is 5.69 Å². The van der Waals surface area contributed by atoms with E-state index in [1.54, 1.807) is 12.1 Å². The lowest BCUT2D eigenvalue weighted by Crippen LogP contribution is -2.40. The summed E-state index contributed by atoms with van der Waals surface area (Å²) >= 11 is 9.36. The molecule has 0 aromatic carbocycles. The number of carbonyl (C=O) groups excluding carboxylic acids is 1. The van der Waals surface area contributed by atoms with E-state index in [1.807, 2.05) is 0 Å². The molecule has 1 aromatic rings. The van der Waals surface area contributed by atoms with Gasteiger partial charge in [0, 0.05) is 18.1 Å². The first-order valence-electron chi connectivity index (χ1n) is 6.61. The lowest BCUT2D eigenvalue weighted by molar-refractivity contribution is 0.0917. The summed E-state index contributed by atoms with van der Waals surface area (Å²) in [7, 11) is 0. The average molecular weight is 346 g/mol. The first kappa shape index (κ1) is 14.8. The minimum absolute atomic E-state index is 0.123. The van der Waals surface area contributed by atoms with Crippen LogP contribution in [0.4, 0.5) is 0 Å². The number of pyridine rings is 1. The van der Waals surface area contributed by atoms with Gasteiger partial charge in [0.25, 0.3) is 5.91 Å². The highest BCUT2D eigenvalue weighted by Gasteiger charge is 2.31. The zero-order chi connectivity index (χ0) is 13.7. The molecule has 19 heavy (non-hydrogen) atoms. The number of amides is 1. The second-order valence-corrected chi connectivity index (χ2v) is 6.24. The second-order valence-electron chi connectivity index (χ2n) is 5.24. The molecule has 0 saturated heterocycles. The lowest BCUT2D eigenvalue weighted by Gasteiger charge is -2.35. The van der Waals surface area contributed by atoms with Gasteiger partial charge < -0.3 is 5.32 Å². The number of hydrogen-bond donors (Lipinski definition) is 1. The van der Waals surface area contributed by atoms with Crippen LogP contribution in [0.1, 0.15) is 42.6 Å². The maximum absolute atomic E-state index is 12.0. The van der Waals surface area contributed by atoms with Gasteiger partial charge in [0.05, 0.1) is 5.02 Å². The third-order valence-electron chi connectivity index (χ3n) is 3.78. The highest BCUT2D eigenvalue weighted by Crippen LogP contribution is 2.37. The second kappa shape index (κ2) is 6.71. The van der Waals surface area contributed by atoms with Crippen LogP contribution in [-0.2, 0) is 0 Å². The number of nitrogens with one attached hydrogen (secondary N) is 1. The molecule has 1 N–H and O–H groups in total. The van der Waals surface area contributed by atoms with Crippen molar-refractivity contribution in [2.45, 2.75) is 32.1 Å². The average Bonchev–Trinajstić information content (AvgIpc) is 2.46. The molecule has 3 nitrogen and oxygen atoms in total. The third kappa shape index (κ3) is 3.93. The van der Waals surface area contributed by atoms with Crippen LogP contribution in [0.3, 0.4) is 0 Å². The highest BCUT2D eigenvalue weighted by atomic mass is 79.9. The van der Waals surface area contributed by atoms with Gasteiger partial charge in [-0.1, -0.05) is 46.8 Å². The van der Waals surface area contributed by atoms with Crippen LogP contribution in [0.15, 0.2) is 18.3 Å². The first-order valence-corrected chi connectivity index (χ1v) is 8.11. The summed E-state index contributed by atoms with van der Waals surface area (Å²) < 4.78 is 0. The molecule has 1 aromatic heterocycles. The maximum Gasteiger partial charge on any atom is 0.269 e. The summed E-state index contributed by atoms with van der Waals surface area (Å²) in [6, 6.07) is 3.34. The van der Waals surface area contributed by atoms with Crippen molar-refractivity contribution < 1.29 is 4.79 Å². The van der Waals surface area contributed by atoms with E-state index < -0.39 is 0 Å². The molecule has 1 amide bonds. The molecule has 0 bridgehead atoms. The van der Waals surface area contributed by atoms with Crippen molar-refractivity contribution in [3.05, 3.63) is 29.0 Å². The molecule has 0 aliphatic heterocycles. The van der Waals surface area contributed by atoms with Crippen LogP contribution in [0, 0.1) is 5.41 Å². The standard InChI is InChI=1S/C14H18BrClN2O/c15-9-14(6-2-1-3-7-14)10-18-13(19)12-5-4-11(16)8-17-12/h4-5,8H,1-3,6-7,9-10H2,(H,18,19). The Bertz CT molecular complexity index is 430. The topological polar surface area (TPSA) is 42.0 Å². The van der Waals surface area contributed by atoms with Crippen LogP contribution >= 0.6 is 27.5 Å². The van der Waals surface area contributed by atoms with E-state index in [4.69, 9.17) is 11.6 Å². The van der Waals surface area contributed by atoms with Gasteiger partial charge in [-0.15, -0.1) is 0 Å². The van der Waals surface area contributed by atoms with E-state index in [1.165, 1.54) is 38.3 Å². The number of nitrogens with zero attached hydrogens (tertiary/aromatic N) is 1. The van der Waals surface area contributed by atoms with E-state index in [0.29, 0.717) is 17.3 Å². The Morgan fingerprint density at radius 1 is 1.37 bits per heavy atom. The van der Waals surface area contributed by atoms with Crippen molar-refractivity contribution in [2.24, 2.45) is 5.41 Å². The molecule has 1 aliphatic rings. The predicted molar refractivity (Wildman–Crippen MR) is 80.9 cm³/mol. The summed E-state index contributed by atoms with van der Waals surface area (Å²) in [4.78, 5) is 16.1. The summed E-state index contributed by atoms with van der Waals surface area (Å²) in [5.41, 5.74) is 0.630. The minimum Gasteiger partial charge on any atom is -0.350 e. The molecule has 0 atom stereocenters. The van der Waals surface area contributed by atoms with E-state index >= 15 is 0 Å². The van der Waals surface area contributed by atoms with Crippen molar-refractivity contribution >= 4 is 33.4 Å². The number of halogens is 2. The van der Waals surface area contributed by atoms with Gasteiger partial charge in [-0.25, -0.2) is 4.98 Å². The summed E-state index contributed by atoms with van der Waals surface area (Å²) in [6.07, 6.45) is 7.65. The first-order chi connectivity index (χ1) is 9.15. The fourth-order valence-corrected chi connectivity index (χ4v) is 3.40. The Hall–Kier alpha value is -0.610. The molecule has 104 valence electrons. The summed E-state index contributed by atoms with van der Waals surface area (Å²) in [5, 5.41) is 4.49. The molecule has 1 aliphatic carbocycles. The van der Waals surface area contributed by atoms with Crippen molar-refractivity contribution in [3.63, 3.8) is 0 Å². The van der Waals surface area contributed by atoms with Gasteiger partial charge in [-0.3, -0.25) is 4.79 Å². The summed E-state index contributed by atoms with van der Waals surface area (Å²) in [6.45, 7) is 0.710. The molecule has 1 saturated carbocycles. The van der Waals surface area contributed by atoms with Gasteiger partial charge >= 0.3 is 0 Å². The molecule has 0 radical (unpaired) electrons. The molecule has 2 rings (SSSR count). The fraction of sp³-hybridized carbons (Fsp3) is 0.571. The van der Waals surface area contributed by atoms with Crippen molar-refractivity contribution in [1.82, 2.24) is 10.3 Å². The van der Waals surface area contributed by atoms with Crippen LogP contribution in [-0.4, -0.2) is 22.8 Å².